The number of hydrogen-bond acceptors (Lipinski definition) is 9. The number of hydrogen-bond donors (Lipinski definition) is 3. The number of aromatic nitrogens is 2. The van der Waals surface area contributed by atoms with Gasteiger partial charge >= 0.3 is 5.97 Å². The molecule has 3 aromatic carbocycles. The van der Waals surface area contributed by atoms with Crippen LogP contribution in [0.3, 0.4) is 0 Å². The lowest BCUT2D eigenvalue weighted by atomic mass is 9.66. The first kappa shape index (κ1) is 43.9. The topological polar surface area (TPSA) is 135 Å². The molecule has 332 valence electrons. The molecule has 3 aliphatic rings. The number of phenols is 1. The van der Waals surface area contributed by atoms with Crippen LogP contribution in [0, 0.1) is 11.3 Å². The third-order valence-corrected chi connectivity index (χ3v) is 13.0. The minimum Gasteiger partial charge on any atom is -0.508 e. The molecule has 2 aliphatic heterocycles. The third kappa shape index (κ3) is 10.0. The second kappa shape index (κ2) is 19.3. The van der Waals surface area contributed by atoms with E-state index >= 15 is 0 Å². The van der Waals surface area contributed by atoms with Crippen LogP contribution >= 0.6 is 0 Å². The molecule has 64 heavy (non-hydrogen) atoms. The molecule has 4 bridgehead atoms. The molecule has 4 heterocycles. The smallest absolute Gasteiger partial charge is 0.302 e. The molecule has 0 saturated heterocycles. The fourth-order valence-electron chi connectivity index (χ4n) is 9.51. The van der Waals surface area contributed by atoms with Crippen LogP contribution in [-0.4, -0.2) is 58.5 Å². The Morgan fingerprint density at radius 2 is 1.80 bits per heavy atom. The highest BCUT2D eigenvalue weighted by molar-refractivity contribution is 5.95. The van der Waals surface area contributed by atoms with Crippen LogP contribution in [0.1, 0.15) is 82.0 Å². The van der Waals surface area contributed by atoms with Crippen LogP contribution in [-0.2, 0) is 32.0 Å². The summed E-state index contributed by atoms with van der Waals surface area (Å²) in [5.74, 6) is 2.21. The largest absolute Gasteiger partial charge is 0.508 e. The Morgan fingerprint density at radius 1 is 0.953 bits per heavy atom. The fourth-order valence-corrected chi connectivity index (χ4v) is 9.51. The van der Waals surface area contributed by atoms with E-state index in [1.807, 2.05) is 24.3 Å². The average molecular weight is 863 g/mol. The molecular weight excluding hydrogens is 805 g/mol. The first-order valence-electron chi connectivity index (χ1n) is 22.3. The number of allylic oxidation sites excluding steroid dienone is 6. The summed E-state index contributed by atoms with van der Waals surface area (Å²) in [7, 11) is 1.57. The third-order valence-electron chi connectivity index (χ3n) is 13.0. The van der Waals surface area contributed by atoms with E-state index in [0.29, 0.717) is 43.2 Å². The van der Waals surface area contributed by atoms with Gasteiger partial charge in [0.25, 0.3) is 0 Å². The second-order valence-corrected chi connectivity index (χ2v) is 17.5. The van der Waals surface area contributed by atoms with Gasteiger partial charge in [-0.05, 0) is 109 Å². The highest BCUT2D eigenvalue weighted by Crippen LogP contribution is 2.44. The molecule has 0 radical (unpaired) electrons. The Bertz CT molecular complexity index is 2650. The van der Waals surface area contributed by atoms with Gasteiger partial charge in [0.15, 0.2) is 11.5 Å². The molecule has 0 saturated carbocycles. The van der Waals surface area contributed by atoms with E-state index in [2.05, 4.69) is 100 Å². The number of ether oxygens (including phenoxy) is 3. The van der Waals surface area contributed by atoms with E-state index in [1.54, 1.807) is 32.2 Å². The highest BCUT2D eigenvalue weighted by Gasteiger charge is 2.36. The molecule has 1 aliphatic carbocycles. The molecular formula is C53H58N4O7. The van der Waals surface area contributed by atoms with E-state index in [1.165, 1.54) is 29.7 Å². The summed E-state index contributed by atoms with van der Waals surface area (Å²) in [6.07, 6.45) is 25.3. The molecule has 2 aromatic heterocycles. The summed E-state index contributed by atoms with van der Waals surface area (Å²) in [5.41, 5.74) is 5.24. The van der Waals surface area contributed by atoms with Crippen molar-refractivity contribution >= 4 is 34.0 Å². The quantitative estimate of drug-likeness (QED) is 0.130. The van der Waals surface area contributed by atoms with Crippen LogP contribution in [0.4, 0.5) is 5.69 Å². The van der Waals surface area contributed by atoms with Crippen molar-refractivity contribution in [3.63, 3.8) is 0 Å². The van der Waals surface area contributed by atoms with Crippen LogP contribution in [0.5, 0.6) is 23.0 Å². The molecule has 0 fully saturated rings. The van der Waals surface area contributed by atoms with Gasteiger partial charge in [-0.1, -0.05) is 61.6 Å². The number of aromatic amines is 1. The lowest BCUT2D eigenvalue weighted by molar-refractivity contribution is -0.148. The number of rotatable bonds is 8. The average Bonchev–Trinajstić information content (AvgIpc) is 3.92. The lowest BCUT2D eigenvalue weighted by Gasteiger charge is -2.38. The number of methoxy groups -OCH3 is 1. The van der Waals surface area contributed by atoms with Gasteiger partial charge in [0.05, 0.1) is 18.8 Å². The Morgan fingerprint density at radius 3 is 2.59 bits per heavy atom. The van der Waals surface area contributed by atoms with Crippen molar-refractivity contribution in [1.29, 1.82) is 0 Å². The molecule has 0 amide bonds. The van der Waals surface area contributed by atoms with Gasteiger partial charge in [0, 0.05) is 80.9 Å². The number of anilines is 1. The Balaban J connectivity index is 1.23. The van der Waals surface area contributed by atoms with E-state index in [9.17, 15) is 19.5 Å². The maximum absolute atomic E-state index is 14.6. The van der Waals surface area contributed by atoms with E-state index in [0.717, 1.165) is 53.5 Å². The number of Topliss-reactive ketones (excluding diaryl/α,β-unsaturated/α-hetero) is 2. The number of dihydropyridines is 1. The maximum Gasteiger partial charge on any atom is 0.302 e. The number of nitrogens with one attached hydrogen (secondary N) is 2. The SMILES string of the molecule is COc1cc([C@@H]2CC(=O)C[C@H](OC(C)=O)CC[C@@]3(C=CC=C[C@H]3C)Cc3c[nH]cc3CCC3=CCNC(=C3)N(CCC(C)=O)c3cccc4cn2cc34)ccc1Oc1cccc(O)c1. The molecule has 11 heteroatoms. The standard InChI is InChI=1S/C53H58N4O7/c1-35-9-5-6-21-53(35)22-18-46(63-37(3)59)28-44(61)29-49(39-16-17-50(51(26-39)62-4)64-45-12-8-11-43(60)27-45)56-33-41-10-7-13-48(47(41)34-56)57(24-20-36(2)58)52-25-38(19-23-55-52)14-15-40-31-54-32-42(40)30-53/h5-13,16-17,19,21,25-27,31-35,46,49,54-55,60H,14-15,18,20,22-24,28-30H2,1-4H3/t35-,46-,49+,53+/m1/s1. The molecule has 1 spiro atoms. The van der Waals surface area contributed by atoms with Gasteiger partial charge in [-0.2, -0.15) is 0 Å². The van der Waals surface area contributed by atoms with Gasteiger partial charge in [-0.3, -0.25) is 14.4 Å². The number of benzene rings is 3. The Hall–Kier alpha value is -6.75. The van der Waals surface area contributed by atoms with Crippen LogP contribution in [0.15, 0.2) is 133 Å². The normalized spacial score (nSPS) is 21.7. The van der Waals surface area contributed by atoms with E-state index < -0.39 is 18.1 Å². The second-order valence-electron chi connectivity index (χ2n) is 17.5. The number of esters is 1. The number of ketones is 2. The summed E-state index contributed by atoms with van der Waals surface area (Å²) in [6.45, 7) is 6.42. The summed E-state index contributed by atoms with van der Waals surface area (Å²) >= 11 is 0. The van der Waals surface area contributed by atoms with Crippen molar-refractivity contribution in [1.82, 2.24) is 14.9 Å². The highest BCUT2D eigenvalue weighted by atomic mass is 16.5. The first-order chi connectivity index (χ1) is 31.0. The molecule has 8 rings (SSSR count). The van der Waals surface area contributed by atoms with Crippen LogP contribution < -0.4 is 19.7 Å². The van der Waals surface area contributed by atoms with Crippen molar-refractivity contribution < 1.29 is 33.7 Å². The molecule has 5 aromatic rings. The predicted octanol–water partition coefficient (Wildman–Crippen LogP) is 10.2. The number of nitrogens with zero attached hydrogens (tertiary/aromatic N) is 2. The Labute approximate surface area is 375 Å². The van der Waals surface area contributed by atoms with Crippen molar-refractivity contribution in [2.24, 2.45) is 11.3 Å². The number of carbonyl (C=O) groups excluding carboxylic acids is 3. The predicted molar refractivity (Wildman–Crippen MR) is 250 cm³/mol. The van der Waals surface area contributed by atoms with Crippen LogP contribution in [0.2, 0.25) is 0 Å². The lowest BCUT2D eigenvalue weighted by Crippen LogP contribution is -2.35. The number of aryl methyl sites for hydroxylation is 1. The number of phenolic OH excluding ortho intramolecular Hbond substituents is 1. The molecule has 0 unspecified atom stereocenters. The van der Waals surface area contributed by atoms with Crippen LogP contribution in [0.25, 0.3) is 10.8 Å². The number of aromatic hydroxyl groups is 1. The maximum atomic E-state index is 14.6. The van der Waals surface area contributed by atoms with Gasteiger partial charge in [-0.15, -0.1) is 0 Å². The van der Waals surface area contributed by atoms with Crippen molar-refractivity contribution in [3.05, 3.63) is 150 Å². The van der Waals surface area contributed by atoms with Crippen molar-refractivity contribution in [2.45, 2.75) is 84.3 Å². The summed E-state index contributed by atoms with van der Waals surface area (Å²) in [5, 5.41) is 15.6. The minimum atomic E-state index is -0.613. The number of fused-ring (bicyclic) bond motifs is 3. The van der Waals surface area contributed by atoms with Gasteiger partial charge in [0.1, 0.15) is 35.0 Å². The monoisotopic (exact) mass is 862 g/mol. The summed E-state index contributed by atoms with van der Waals surface area (Å²) < 4.78 is 20.1. The molecule has 3 N–H and O–H groups in total. The van der Waals surface area contributed by atoms with Crippen molar-refractivity contribution in [2.75, 3.05) is 25.1 Å². The molecule has 4 atom stereocenters. The zero-order valence-electron chi connectivity index (χ0n) is 37.1. The summed E-state index contributed by atoms with van der Waals surface area (Å²) in [4.78, 5) is 45.4. The first-order valence-corrected chi connectivity index (χ1v) is 22.3. The fraction of sp³-hybridized carbons (Fsp3) is 0.340. The zero-order chi connectivity index (χ0) is 44.8. The van der Waals surface area contributed by atoms with Gasteiger partial charge in [-0.25, -0.2) is 0 Å². The van der Waals surface area contributed by atoms with Gasteiger partial charge in [0.2, 0.25) is 0 Å². The number of H-pyrrole nitrogens is 1. The minimum absolute atomic E-state index is 0.0489. The van der Waals surface area contributed by atoms with Crippen molar-refractivity contribution in [3.8, 4) is 23.0 Å². The molecule has 11 nitrogen and oxygen atoms in total. The zero-order valence-corrected chi connectivity index (χ0v) is 37.1. The van der Waals surface area contributed by atoms with Gasteiger partial charge < -0.3 is 39.1 Å². The number of carbonyl (C=O) groups is 3. The Kier molecular flexibility index (Phi) is 13.3. The van der Waals surface area contributed by atoms with E-state index in [4.69, 9.17) is 14.2 Å². The van der Waals surface area contributed by atoms with E-state index in [-0.39, 0.29) is 41.5 Å². The summed E-state index contributed by atoms with van der Waals surface area (Å²) in [6, 6.07) is 17.9.